The van der Waals surface area contributed by atoms with E-state index >= 15 is 0 Å². The molecule has 4 nitrogen and oxygen atoms in total. The molecule has 1 saturated heterocycles. The van der Waals surface area contributed by atoms with Crippen LogP contribution in [0, 0.1) is 5.82 Å². The minimum absolute atomic E-state index is 0.0632. The van der Waals surface area contributed by atoms with E-state index in [1.54, 1.807) is 24.3 Å². The first-order chi connectivity index (χ1) is 13.6. The van der Waals surface area contributed by atoms with E-state index in [2.05, 4.69) is 11.5 Å². The molecule has 142 valence electrons. The van der Waals surface area contributed by atoms with E-state index in [-0.39, 0.29) is 17.7 Å². The summed E-state index contributed by atoms with van der Waals surface area (Å²) in [5, 5.41) is 0.661. The molecule has 0 radical (unpaired) electrons. The number of benzene rings is 2. The number of fused-ring (bicyclic) bond motifs is 1. The van der Waals surface area contributed by atoms with Gasteiger partial charge in [0.15, 0.2) is 0 Å². The van der Waals surface area contributed by atoms with Gasteiger partial charge in [0, 0.05) is 34.8 Å². The van der Waals surface area contributed by atoms with E-state index in [0.29, 0.717) is 10.5 Å². The van der Waals surface area contributed by atoms with Gasteiger partial charge in [-0.15, -0.1) is 0 Å². The van der Waals surface area contributed by atoms with Crippen molar-refractivity contribution in [2.45, 2.75) is 26.4 Å². The molecule has 0 atom stereocenters. The fraction of sp³-hybridized carbons (Fsp3) is 0.182. The Balaban J connectivity index is 1.66. The molecule has 1 aliphatic heterocycles. The van der Waals surface area contributed by atoms with E-state index < -0.39 is 5.82 Å². The zero-order valence-corrected chi connectivity index (χ0v) is 16.2. The lowest BCUT2D eigenvalue weighted by Gasteiger charge is -2.12. The summed E-state index contributed by atoms with van der Waals surface area (Å²) in [4.78, 5) is 26.6. The molecule has 0 aliphatic carbocycles. The average Bonchev–Trinajstić information content (AvgIpc) is 3.16. The van der Waals surface area contributed by atoms with Crippen LogP contribution in [-0.2, 0) is 17.9 Å². The van der Waals surface area contributed by atoms with Crippen molar-refractivity contribution in [2.75, 3.05) is 0 Å². The number of carbonyl (C=O) groups is 2. The maximum Gasteiger partial charge on any atom is 0.293 e. The minimum atomic E-state index is -0.423. The van der Waals surface area contributed by atoms with Crippen LogP contribution in [0.2, 0.25) is 0 Å². The Kier molecular flexibility index (Phi) is 5.05. The molecule has 4 rings (SSSR count). The Bertz CT molecular complexity index is 1100. The van der Waals surface area contributed by atoms with E-state index in [0.717, 1.165) is 46.1 Å². The van der Waals surface area contributed by atoms with Crippen molar-refractivity contribution in [3.63, 3.8) is 0 Å². The van der Waals surface area contributed by atoms with Crippen LogP contribution in [-0.4, -0.2) is 20.6 Å². The van der Waals surface area contributed by atoms with E-state index in [9.17, 15) is 14.0 Å². The molecule has 3 aromatic rings. The quantitative estimate of drug-likeness (QED) is 0.542. The third-order valence-electron chi connectivity index (χ3n) is 4.73. The fourth-order valence-corrected chi connectivity index (χ4v) is 4.22. The molecule has 2 heterocycles. The van der Waals surface area contributed by atoms with Gasteiger partial charge in [0.2, 0.25) is 0 Å². The summed E-state index contributed by atoms with van der Waals surface area (Å²) in [6, 6.07) is 14.2. The maximum absolute atomic E-state index is 13.9. The molecule has 0 bridgehead atoms. The fourth-order valence-electron chi connectivity index (χ4n) is 3.39. The first-order valence-corrected chi connectivity index (χ1v) is 9.96. The lowest BCUT2D eigenvalue weighted by molar-refractivity contribution is -0.123. The molecule has 6 heteroatoms. The smallest absolute Gasteiger partial charge is 0.293 e. The average molecular weight is 394 g/mol. The molecule has 1 aliphatic rings. The number of para-hydroxylation sites is 1. The van der Waals surface area contributed by atoms with Crippen molar-refractivity contribution in [2.24, 2.45) is 0 Å². The Labute approximate surface area is 166 Å². The summed E-state index contributed by atoms with van der Waals surface area (Å²) in [6.45, 7) is 2.93. The predicted molar refractivity (Wildman–Crippen MR) is 110 cm³/mol. The minimum Gasteiger partial charge on any atom is -0.347 e. The molecule has 28 heavy (non-hydrogen) atoms. The van der Waals surface area contributed by atoms with Crippen LogP contribution >= 0.6 is 11.8 Å². The molecule has 2 aromatic carbocycles. The van der Waals surface area contributed by atoms with Gasteiger partial charge in [0.1, 0.15) is 5.82 Å². The van der Waals surface area contributed by atoms with Gasteiger partial charge in [-0.05, 0) is 36.4 Å². The molecule has 2 amide bonds. The van der Waals surface area contributed by atoms with Gasteiger partial charge < -0.3 is 4.57 Å². The summed E-state index contributed by atoms with van der Waals surface area (Å²) in [5.41, 5.74) is 2.33. The second-order valence-corrected chi connectivity index (χ2v) is 7.65. The number of aryl methyl sites for hydroxylation is 1. The van der Waals surface area contributed by atoms with Gasteiger partial charge in [-0.2, -0.15) is 0 Å². The molecule has 1 fully saturated rings. The van der Waals surface area contributed by atoms with Crippen LogP contribution in [0.5, 0.6) is 0 Å². The highest BCUT2D eigenvalue weighted by Gasteiger charge is 2.35. The molecule has 1 aromatic heterocycles. The summed E-state index contributed by atoms with van der Waals surface area (Å²) in [6.07, 6.45) is 4.77. The topological polar surface area (TPSA) is 42.3 Å². The normalized spacial score (nSPS) is 15.9. The number of carbonyl (C=O) groups excluding carboxylic acids is 2. The lowest BCUT2D eigenvalue weighted by atomic mass is 10.1. The molecule has 0 spiro atoms. The van der Waals surface area contributed by atoms with Crippen molar-refractivity contribution in [1.82, 2.24) is 9.47 Å². The van der Waals surface area contributed by atoms with Gasteiger partial charge >= 0.3 is 0 Å². The van der Waals surface area contributed by atoms with Gasteiger partial charge in [0.25, 0.3) is 11.1 Å². The molecule has 0 saturated carbocycles. The van der Waals surface area contributed by atoms with Crippen LogP contribution in [0.25, 0.3) is 17.0 Å². The number of amides is 2. The van der Waals surface area contributed by atoms with Crippen molar-refractivity contribution in [1.29, 1.82) is 0 Å². The Morgan fingerprint density at radius 3 is 2.61 bits per heavy atom. The maximum atomic E-state index is 13.9. The number of thioether (sulfide) groups is 1. The van der Waals surface area contributed by atoms with Gasteiger partial charge in [-0.3, -0.25) is 14.5 Å². The van der Waals surface area contributed by atoms with Crippen LogP contribution < -0.4 is 0 Å². The van der Waals surface area contributed by atoms with Gasteiger partial charge in [-0.1, -0.05) is 43.3 Å². The lowest BCUT2D eigenvalue weighted by Crippen LogP contribution is -2.27. The Hall–Kier alpha value is -2.86. The van der Waals surface area contributed by atoms with Crippen molar-refractivity contribution >= 4 is 39.9 Å². The van der Waals surface area contributed by atoms with Crippen LogP contribution in [0.15, 0.2) is 59.6 Å². The largest absolute Gasteiger partial charge is 0.347 e. The second-order valence-electron chi connectivity index (χ2n) is 6.65. The van der Waals surface area contributed by atoms with Gasteiger partial charge in [-0.25, -0.2) is 4.39 Å². The SMILES string of the molecule is CCCn1cc(/C=C2/SC(=O)N(Cc3ccccc3F)C2=O)c2ccccc21. The highest BCUT2D eigenvalue weighted by Crippen LogP contribution is 2.35. The third-order valence-corrected chi connectivity index (χ3v) is 5.64. The first-order valence-electron chi connectivity index (χ1n) is 9.15. The summed E-state index contributed by atoms with van der Waals surface area (Å²) in [7, 11) is 0. The van der Waals surface area contributed by atoms with E-state index in [1.165, 1.54) is 6.07 Å². The van der Waals surface area contributed by atoms with Crippen LogP contribution in [0.4, 0.5) is 9.18 Å². The Morgan fingerprint density at radius 1 is 1.07 bits per heavy atom. The van der Waals surface area contributed by atoms with Crippen LogP contribution in [0.1, 0.15) is 24.5 Å². The van der Waals surface area contributed by atoms with E-state index in [1.807, 2.05) is 30.5 Å². The Morgan fingerprint density at radius 2 is 1.82 bits per heavy atom. The number of hydrogen-bond acceptors (Lipinski definition) is 3. The number of aromatic nitrogens is 1. The predicted octanol–water partition coefficient (Wildman–Crippen LogP) is 5.43. The highest BCUT2D eigenvalue weighted by molar-refractivity contribution is 8.18. The van der Waals surface area contributed by atoms with Crippen LogP contribution in [0.3, 0.4) is 0 Å². The van der Waals surface area contributed by atoms with Gasteiger partial charge in [0.05, 0.1) is 11.4 Å². The highest BCUT2D eigenvalue weighted by atomic mass is 32.2. The standard InChI is InChI=1S/C22H19FN2O2S/c1-2-11-24-13-16(17-8-4-6-10-19(17)24)12-20-21(26)25(22(27)28-20)14-15-7-3-5-9-18(15)23/h3-10,12-13H,2,11,14H2,1H3/b20-12+. The number of hydrogen-bond donors (Lipinski definition) is 0. The first kappa shape index (κ1) is 18.5. The molecule has 0 unspecified atom stereocenters. The summed E-state index contributed by atoms with van der Waals surface area (Å²) < 4.78 is 16.1. The number of nitrogens with zero attached hydrogens (tertiary/aromatic N) is 2. The summed E-state index contributed by atoms with van der Waals surface area (Å²) >= 11 is 0.900. The molecular formula is C22H19FN2O2S. The van der Waals surface area contributed by atoms with Crippen molar-refractivity contribution < 1.29 is 14.0 Å². The molecule has 0 N–H and O–H groups in total. The van der Waals surface area contributed by atoms with Crippen molar-refractivity contribution in [3.05, 3.63) is 76.6 Å². The number of halogens is 1. The zero-order chi connectivity index (χ0) is 19.7. The van der Waals surface area contributed by atoms with E-state index in [4.69, 9.17) is 0 Å². The molecular weight excluding hydrogens is 375 g/mol. The third kappa shape index (κ3) is 3.36. The number of imide groups is 1. The second kappa shape index (κ2) is 7.64. The van der Waals surface area contributed by atoms with Crippen molar-refractivity contribution in [3.8, 4) is 0 Å². The monoisotopic (exact) mass is 394 g/mol. The zero-order valence-electron chi connectivity index (χ0n) is 15.4. The number of rotatable bonds is 5. The summed E-state index contributed by atoms with van der Waals surface area (Å²) in [5.74, 6) is -0.807.